The molecule has 0 saturated heterocycles. The van der Waals surface area contributed by atoms with E-state index in [2.05, 4.69) is 4.72 Å². The highest BCUT2D eigenvalue weighted by Crippen LogP contribution is 2.25. The molecule has 0 fully saturated rings. The normalized spacial score (nSPS) is 11.4. The second-order valence-electron chi connectivity index (χ2n) is 5.98. The summed E-state index contributed by atoms with van der Waals surface area (Å²) in [7, 11) is -3.72. The van der Waals surface area contributed by atoms with Crippen molar-refractivity contribution in [2.24, 2.45) is 0 Å². The number of nitrogens with one attached hydrogen (secondary N) is 1. The summed E-state index contributed by atoms with van der Waals surface area (Å²) in [5.74, 6) is -1.02. The monoisotopic (exact) mass is 355 g/mol. The fraction of sp³-hybridized carbons (Fsp3) is 0.105. The van der Waals surface area contributed by atoms with Crippen molar-refractivity contribution < 1.29 is 18.3 Å². The van der Waals surface area contributed by atoms with E-state index in [9.17, 15) is 18.3 Å². The maximum Gasteiger partial charge on any atom is 0.336 e. The molecule has 5 nitrogen and oxygen atoms in total. The summed E-state index contributed by atoms with van der Waals surface area (Å²) in [5.41, 5.74) is 2.30. The van der Waals surface area contributed by atoms with Gasteiger partial charge in [0.1, 0.15) is 0 Å². The van der Waals surface area contributed by atoms with E-state index >= 15 is 0 Å². The Hall–Kier alpha value is -2.86. The number of fused-ring (bicyclic) bond motifs is 1. The standard InChI is InChI=1S/C19H17NO4S/c1-12-8-13(2)10-16(9-12)25(23,24)20-15-6-7-17-14(11-15)4-3-5-18(17)19(21)22/h3-11,20H,1-2H3,(H,21,22). The fourth-order valence-electron chi connectivity index (χ4n) is 2.84. The van der Waals surface area contributed by atoms with Crippen LogP contribution in [0.25, 0.3) is 10.8 Å². The first-order valence-electron chi connectivity index (χ1n) is 7.63. The van der Waals surface area contributed by atoms with Gasteiger partial charge < -0.3 is 5.11 Å². The first-order chi connectivity index (χ1) is 11.8. The van der Waals surface area contributed by atoms with Crippen LogP contribution in [0.1, 0.15) is 21.5 Å². The van der Waals surface area contributed by atoms with Crippen LogP contribution in [0.2, 0.25) is 0 Å². The molecule has 0 spiro atoms. The third kappa shape index (κ3) is 3.49. The Morgan fingerprint density at radius 3 is 2.28 bits per heavy atom. The smallest absolute Gasteiger partial charge is 0.336 e. The molecule has 2 N–H and O–H groups in total. The number of carboxylic acids is 1. The summed E-state index contributed by atoms with van der Waals surface area (Å²) in [5, 5.41) is 10.4. The SMILES string of the molecule is Cc1cc(C)cc(S(=O)(=O)Nc2ccc3c(C(=O)O)cccc3c2)c1. The van der Waals surface area contributed by atoms with Crippen LogP contribution in [0.15, 0.2) is 59.5 Å². The van der Waals surface area contributed by atoms with Gasteiger partial charge in [0.15, 0.2) is 0 Å². The second-order valence-corrected chi connectivity index (χ2v) is 7.66. The van der Waals surface area contributed by atoms with Crippen molar-refractivity contribution in [3.05, 3.63) is 71.3 Å². The molecule has 3 rings (SSSR count). The van der Waals surface area contributed by atoms with E-state index in [1.54, 1.807) is 42.5 Å². The van der Waals surface area contributed by atoms with Crippen molar-refractivity contribution in [3.8, 4) is 0 Å². The molecule has 0 saturated carbocycles. The molecular formula is C19H17NO4S. The van der Waals surface area contributed by atoms with Crippen LogP contribution < -0.4 is 4.72 Å². The molecule has 0 amide bonds. The first-order valence-corrected chi connectivity index (χ1v) is 9.12. The van der Waals surface area contributed by atoms with Gasteiger partial charge in [-0.25, -0.2) is 13.2 Å². The van der Waals surface area contributed by atoms with Gasteiger partial charge in [0.05, 0.1) is 10.5 Å². The Morgan fingerprint density at radius 1 is 0.960 bits per heavy atom. The number of carbonyl (C=O) groups is 1. The number of aryl methyl sites for hydroxylation is 2. The van der Waals surface area contributed by atoms with Crippen LogP contribution in [0, 0.1) is 13.8 Å². The molecular weight excluding hydrogens is 338 g/mol. The zero-order chi connectivity index (χ0) is 18.2. The van der Waals surface area contributed by atoms with Gasteiger partial charge in [-0.05, 0) is 66.1 Å². The average molecular weight is 355 g/mol. The Kier molecular flexibility index (Phi) is 4.22. The Morgan fingerprint density at radius 2 is 1.64 bits per heavy atom. The van der Waals surface area contributed by atoms with E-state index in [0.29, 0.717) is 16.5 Å². The number of hydrogen-bond acceptors (Lipinski definition) is 3. The minimum absolute atomic E-state index is 0.182. The number of carboxylic acid groups (broad SMARTS) is 1. The molecule has 128 valence electrons. The van der Waals surface area contributed by atoms with Crippen molar-refractivity contribution in [3.63, 3.8) is 0 Å². The zero-order valence-corrected chi connectivity index (χ0v) is 14.6. The average Bonchev–Trinajstić information content (AvgIpc) is 2.52. The van der Waals surface area contributed by atoms with Gasteiger partial charge >= 0.3 is 5.97 Å². The highest BCUT2D eigenvalue weighted by molar-refractivity contribution is 7.92. The van der Waals surface area contributed by atoms with E-state index in [-0.39, 0.29) is 10.5 Å². The van der Waals surface area contributed by atoms with E-state index < -0.39 is 16.0 Å². The lowest BCUT2D eigenvalue weighted by atomic mass is 10.0. The summed E-state index contributed by atoms with van der Waals surface area (Å²) < 4.78 is 27.8. The maximum atomic E-state index is 12.6. The summed E-state index contributed by atoms with van der Waals surface area (Å²) in [6.07, 6.45) is 0. The van der Waals surface area contributed by atoms with E-state index in [1.807, 2.05) is 19.9 Å². The summed E-state index contributed by atoms with van der Waals surface area (Å²) in [6.45, 7) is 3.69. The lowest BCUT2D eigenvalue weighted by Crippen LogP contribution is -2.13. The molecule has 0 aliphatic rings. The topological polar surface area (TPSA) is 83.5 Å². The van der Waals surface area contributed by atoms with Gasteiger partial charge in [0.2, 0.25) is 0 Å². The molecule has 0 radical (unpaired) electrons. The minimum atomic E-state index is -3.72. The number of hydrogen-bond donors (Lipinski definition) is 2. The predicted octanol–water partition coefficient (Wildman–Crippen LogP) is 3.96. The number of anilines is 1. The van der Waals surface area contributed by atoms with E-state index in [0.717, 1.165) is 11.1 Å². The molecule has 0 bridgehead atoms. The summed E-state index contributed by atoms with van der Waals surface area (Å²) in [4.78, 5) is 11.5. The minimum Gasteiger partial charge on any atom is -0.478 e. The molecule has 3 aromatic rings. The van der Waals surface area contributed by atoms with Crippen LogP contribution in [-0.2, 0) is 10.0 Å². The lowest BCUT2D eigenvalue weighted by Gasteiger charge is -2.11. The largest absolute Gasteiger partial charge is 0.478 e. The summed E-state index contributed by atoms with van der Waals surface area (Å²) in [6, 6.07) is 14.8. The molecule has 6 heteroatoms. The van der Waals surface area contributed by atoms with Crippen LogP contribution in [0.3, 0.4) is 0 Å². The molecule has 0 unspecified atom stereocenters. The molecule has 3 aromatic carbocycles. The quantitative estimate of drug-likeness (QED) is 0.742. The van der Waals surface area contributed by atoms with Crippen molar-refractivity contribution in [2.45, 2.75) is 18.7 Å². The van der Waals surface area contributed by atoms with Crippen molar-refractivity contribution in [2.75, 3.05) is 4.72 Å². The number of sulfonamides is 1. The third-order valence-corrected chi connectivity index (χ3v) is 5.23. The summed E-state index contributed by atoms with van der Waals surface area (Å²) >= 11 is 0. The zero-order valence-electron chi connectivity index (χ0n) is 13.8. The lowest BCUT2D eigenvalue weighted by molar-refractivity contribution is 0.0699. The number of benzene rings is 3. The second kappa shape index (κ2) is 6.22. The van der Waals surface area contributed by atoms with Crippen molar-refractivity contribution >= 4 is 32.5 Å². The maximum absolute atomic E-state index is 12.6. The fourth-order valence-corrected chi connectivity index (χ4v) is 4.07. The number of aromatic carboxylic acids is 1. The van der Waals surface area contributed by atoms with E-state index in [4.69, 9.17) is 0 Å². The van der Waals surface area contributed by atoms with Gasteiger partial charge in [-0.15, -0.1) is 0 Å². The van der Waals surface area contributed by atoms with Gasteiger partial charge in [-0.3, -0.25) is 4.72 Å². The van der Waals surface area contributed by atoms with Crippen LogP contribution in [-0.4, -0.2) is 19.5 Å². The predicted molar refractivity (Wildman–Crippen MR) is 97.6 cm³/mol. The van der Waals surface area contributed by atoms with Crippen molar-refractivity contribution in [1.82, 2.24) is 0 Å². The van der Waals surface area contributed by atoms with Gasteiger partial charge in [-0.1, -0.05) is 24.3 Å². The van der Waals surface area contributed by atoms with Gasteiger partial charge in [0.25, 0.3) is 10.0 Å². The molecule has 0 aromatic heterocycles. The van der Waals surface area contributed by atoms with Crippen LogP contribution in [0.4, 0.5) is 5.69 Å². The molecule has 0 aliphatic heterocycles. The third-order valence-electron chi connectivity index (χ3n) is 3.87. The van der Waals surface area contributed by atoms with Crippen LogP contribution >= 0.6 is 0 Å². The Balaban J connectivity index is 2.01. The van der Waals surface area contributed by atoms with E-state index in [1.165, 1.54) is 6.07 Å². The van der Waals surface area contributed by atoms with Gasteiger partial charge in [0, 0.05) is 5.69 Å². The number of rotatable bonds is 4. The molecule has 0 aliphatic carbocycles. The highest BCUT2D eigenvalue weighted by atomic mass is 32.2. The van der Waals surface area contributed by atoms with Gasteiger partial charge in [-0.2, -0.15) is 0 Å². The molecule has 0 atom stereocenters. The van der Waals surface area contributed by atoms with Crippen LogP contribution in [0.5, 0.6) is 0 Å². The molecule has 0 heterocycles. The first kappa shape index (κ1) is 17.0. The molecule has 25 heavy (non-hydrogen) atoms. The Bertz CT molecular complexity index is 1070. The Labute approximate surface area is 146 Å². The highest BCUT2D eigenvalue weighted by Gasteiger charge is 2.16. The van der Waals surface area contributed by atoms with Crippen molar-refractivity contribution in [1.29, 1.82) is 0 Å².